The molecule has 19 heavy (non-hydrogen) atoms. The summed E-state index contributed by atoms with van der Waals surface area (Å²) in [6, 6.07) is 0. The SMILES string of the molecule is O=C1CC2(CCN(C(=O)C(F)(F)F)CC2)CC(=O)O1. The second-order valence-corrected chi connectivity index (χ2v) is 4.99. The van der Waals surface area contributed by atoms with Gasteiger partial charge in [-0.2, -0.15) is 13.2 Å². The Labute approximate surface area is 106 Å². The van der Waals surface area contributed by atoms with E-state index in [1.807, 2.05) is 0 Å². The van der Waals surface area contributed by atoms with Crippen LogP contribution in [0.5, 0.6) is 0 Å². The lowest BCUT2D eigenvalue weighted by Crippen LogP contribution is -2.50. The summed E-state index contributed by atoms with van der Waals surface area (Å²) in [6.45, 7) is -0.197. The predicted molar refractivity (Wildman–Crippen MR) is 54.6 cm³/mol. The van der Waals surface area contributed by atoms with E-state index in [0.717, 1.165) is 4.90 Å². The fraction of sp³-hybridized carbons (Fsp3) is 0.727. The highest BCUT2D eigenvalue weighted by Gasteiger charge is 2.48. The van der Waals surface area contributed by atoms with Crippen molar-refractivity contribution in [2.24, 2.45) is 5.41 Å². The molecule has 2 aliphatic rings. The van der Waals surface area contributed by atoms with Crippen LogP contribution in [-0.2, 0) is 19.1 Å². The molecule has 0 radical (unpaired) electrons. The molecule has 8 heteroatoms. The number of rotatable bonds is 0. The van der Waals surface area contributed by atoms with Gasteiger partial charge < -0.3 is 9.64 Å². The molecule has 1 amide bonds. The van der Waals surface area contributed by atoms with E-state index in [9.17, 15) is 27.6 Å². The van der Waals surface area contributed by atoms with Gasteiger partial charge in [0.1, 0.15) is 0 Å². The average molecular weight is 279 g/mol. The monoisotopic (exact) mass is 279 g/mol. The van der Waals surface area contributed by atoms with Crippen LogP contribution >= 0.6 is 0 Å². The lowest BCUT2D eigenvalue weighted by Gasteiger charge is -2.42. The van der Waals surface area contributed by atoms with Crippen molar-refractivity contribution in [3.8, 4) is 0 Å². The van der Waals surface area contributed by atoms with Crippen molar-refractivity contribution in [3.63, 3.8) is 0 Å². The van der Waals surface area contributed by atoms with Crippen LogP contribution in [-0.4, -0.2) is 42.0 Å². The lowest BCUT2D eigenvalue weighted by molar-refractivity contribution is -0.189. The molecule has 2 aliphatic heterocycles. The smallest absolute Gasteiger partial charge is 0.393 e. The van der Waals surface area contributed by atoms with Crippen LogP contribution in [0.1, 0.15) is 25.7 Å². The van der Waals surface area contributed by atoms with Crippen molar-refractivity contribution in [2.75, 3.05) is 13.1 Å². The molecule has 0 aromatic carbocycles. The van der Waals surface area contributed by atoms with Gasteiger partial charge in [0.25, 0.3) is 0 Å². The fourth-order valence-electron chi connectivity index (χ4n) is 2.59. The average Bonchev–Trinajstić information content (AvgIpc) is 2.26. The van der Waals surface area contributed by atoms with Crippen molar-refractivity contribution in [3.05, 3.63) is 0 Å². The fourth-order valence-corrected chi connectivity index (χ4v) is 2.59. The third kappa shape index (κ3) is 2.87. The maximum Gasteiger partial charge on any atom is 0.471 e. The minimum Gasteiger partial charge on any atom is -0.393 e. The third-order valence-electron chi connectivity index (χ3n) is 3.62. The molecule has 2 saturated heterocycles. The number of carbonyl (C=O) groups is 3. The molecule has 2 fully saturated rings. The Morgan fingerprint density at radius 1 is 1.11 bits per heavy atom. The van der Waals surface area contributed by atoms with Gasteiger partial charge in [0.15, 0.2) is 0 Å². The third-order valence-corrected chi connectivity index (χ3v) is 3.62. The van der Waals surface area contributed by atoms with E-state index in [2.05, 4.69) is 4.74 Å². The number of nitrogens with zero attached hydrogens (tertiary/aromatic N) is 1. The predicted octanol–water partition coefficient (Wildman–Crippen LogP) is 1.02. The first-order valence-corrected chi connectivity index (χ1v) is 5.81. The van der Waals surface area contributed by atoms with Gasteiger partial charge in [0.2, 0.25) is 0 Å². The number of amides is 1. The zero-order valence-corrected chi connectivity index (χ0v) is 9.96. The highest BCUT2D eigenvalue weighted by molar-refractivity contribution is 5.89. The zero-order valence-electron chi connectivity index (χ0n) is 9.96. The highest BCUT2D eigenvalue weighted by Crippen LogP contribution is 2.42. The Hall–Kier alpha value is -1.60. The van der Waals surface area contributed by atoms with Gasteiger partial charge in [-0.1, -0.05) is 0 Å². The van der Waals surface area contributed by atoms with Crippen molar-refractivity contribution < 1.29 is 32.3 Å². The summed E-state index contributed by atoms with van der Waals surface area (Å²) < 4.78 is 41.2. The van der Waals surface area contributed by atoms with Gasteiger partial charge in [-0.3, -0.25) is 14.4 Å². The molecule has 0 aromatic rings. The number of hydrogen-bond acceptors (Lipinski definition) is 4. The van der Waals surface area contributed by atoms with Crippen LogP contribution in [0.15, 0.2) is 0 Å². The van der Waals surface area contributed by atoms with Crippen molar-refractivity contribution in [1.29, 1.82) is 0 Å². The second kappa shape index (κ2) is 4.50. The Morgan fingerprint density at radius 2 is 1.58 bits per heavy atom. The van der Waals surface area contributed by atoms with E-state index in [1.54, 1.807) is 0 Å². The van der Waals surface area contributed by atoms with Crippen LogP contribution < -0.4 is 0 Å². The standard InChI is InChI=1S/C11H12F3NO4/c12-11(13,14)9(18)15-3-1-10(2-4-15)5-7(16)19-8(17)6-10/h1-6H2. The molecule has 0 atom stereocenters. The molecule has 0 N–H and O–H groups in total. The summed E-state index contributed by atoms with van der Waals surface area (Å²) in [6.07, 6.45) is -4.43. The summed E-state index contributed by atoms with van der Waals surface area (Å²) in [5.74, 6) is -3.16. The molecule has 0 bridgehead atoms. The number of ether oxygens (including phenoxy) is 1. The molecule has 2 heterocycles. The normalized spacial score (nSPS) is 23.4. The van der Waals surface area contributed by atoms with E-state index < -0.39 is 29.4 Å². The first-order valence-electron chi connectivity index (χ1n) is 5.81. The van der Waals surface area contributed by atoms with E-state index in [4.69, 9.17) is 0 Å². The van der Waals surface area contributed by atoms with Crippen molar-refractivity contribution in [2.45, 2.75) is 31.9 Å². The summed E-state index contributed by atoms with van der Waals surface area (Å²) in [5.41, 5.74) is -0.644. The summed E-state index contributed by atoms with van der Waals surface area (Å²) in [5, 5.41) is 0. The van der Waals surface area contributed by atoms with Gasteiger partial charge in [-0.25, -0.2) is 0 Å². The maximum absolute atomic E-state index is 12.3. The summed E-state index contributed by atoms with van der Waals surface area (Å²) in [4.78, 5) is 34.2. The minimum atomic E-state index is -4.88. The zero-order chi connectivity index (χ0) is 14.3. The molecule has 0 aromatic heterocycles. The van der Waals surface area contributed by atoms with Crippen molar-refractivity contribution >= 4 is 17.8 Å². The largest absolute Gasteiger partial charge is 0.471 e. The summed E-state index contributed by atoms with van der Waals surface area (Å²) >= 11 is 0. The van der Waals surface area contributed by atoms with E-state index in [0.29, 0.717) is 0 Å². The minimum absolute atomic E-state index is 0.0206. The van der Waals surface area contributed by atoms with Crippen LogP contribution in [0.2, 0.25) is 0 Å². The number of halogens is 3. The number of likely N-dealkylation sites (tertiary alicyclic amines) is 1. The first kappa shape index (κ1) is 13.8. The van der Waals surface area contributed by atoms with Gasteiger partial charge in [-0.15, -0.1) is 0 Å². The Bertz CT molecular complexity index is 406. The number of esters is 2. The van der Waals surface area contributed by atoms with Gasteiger partial charge in [-0.05, 0) is 18.3 Å². The Morgan fingerprint density at radius 3 is 2.00 bits per heavy atom. The number of carbonyl (C=O) groups excluding carboxylic acids is 3. The maximum atomic E-state index is 12.3. The molecule has 0 aliphatic carbocycles. The molecule has 2 rings (SSSR count). The lowest BCUT2D eigenvalue weighted by atomic mass is 9.72. The first-order chi connectivity index (χ1) is 8.72. The summed E-state index contributed by atoms with van der Waals surface area (Å²) in [7, 11) is 0. The number of piperidine rings is 1. The second-order valence-electron chi connectivity index (χ2n) is 4.99. The topological polar surface area (TPSA) is 63.7 Å². The highest BCUT2D eigenvalue weighted by atomic mass is 19.4. The van der Waals surface area contributed by atoms with Gasteiger partial charge in [0.05, 0.1) is 12.8 Å². The van der Waals surface area contributed by atoms with Crippen molar-refractivity contribution in [1.82, 2.24) is 4.90 Å². The molecule has 0 unspecified atom stereocenters. The molecule has 106 valence electrons. The van der Waals surface area contributed by atoms with E-state index >= 15 is 0 Å². The Balaban J connectivity index is 2.01. The molecular weight excluding hydrogens is 267 g/mol. The number of hydrogen-bond donors (Lipinski definition) is 0. The Kier molecular flexibility index (Phi) is 3.27. The van der Waals surface area contributed by atoms with Gasteiger partial charge >= 0.3 is 24.0 Å². The molecule has 1 spiro atoms. The van der Waals surface area contributed by atoms with E-state index in [1.165, 1.54) is 0 Å². The van der Waals surface area contributed by atoms with Crippen LogP contribution in [0.3, 0.4) is 0 Å². The van der Waals surface area contributed by atoms with Gasteiger partial charge in [0, 0.05) is 13.1 Å². The van der Waals surface area contributed by atoms with Crippen LogP contribution in [0, 0.1) is 5.41 Å². The molecule has 5 nitrogen and oxygen atoms in total. The van der Waals surface area contributed by atoms with Crippen LogP contribution in [0.4, 0.5) is 13.2 Å². The number of alkyl halides is 3. The van der Waals surface area contributed by atoms with Crippen LogP contribution in [0.25, 0.3) is 0 Å². The molecular formula is C11H12F3NO4. The number of cyclic esters (lactones) is 2. The van der Waals surface area contributed by atoms with E-state index in [-0.39, 0.29) is 38.8 Å². The quantitative estimate of drug-likeness (QED) is 0.490. The molecule has 0 saturated carbocycles.